The number of carbonyl (C=O) groups is 1. The Hall–Kier alpha value is -1.08. The molecule has 0 aliphatic rings. The molecule has 1 heterocycles. The Morgan fingerprint density at radius 2 is 2.28 bits per heavy atom. The molecule has 0 aromatic carbocycles. The summed E-state index contributed by atoms with van der Waals surface area (Å²) in [6.45, 7) is 4.30. The third kappa shape index (κ3) is 3.99. The zero-order valence-corrected chi connectivity index (χ0v) is 11.8. The van der Waals surface area contributed by atoms with Crippen LogP contribution in [0.5, 0.6) is 0 Å². The molecule has 18 heavy (non-hydrogen) atoms. The Morgan fingerprint density at radius 1 is 1.61 bits per heavy atom. The number of rotatable bonds is 6. The molecule has 1 unspecified atom stereocenters. The standard InChI is InChI=1S/C10H16ClN3O3S/c1-3-4-5-12-10(15)8(2)14-6-9(13-7-14)18(11,16)17/h6-8H,3-5H2,1-2H3,(H,12,15). The van der Waals surface area contributed by atoms with Gasteiger partial charge in [-0.25, -0.2) is 13.4 Å². The summed E-state index contributed by atoms with van der Waals surface area (Å²) in [4.78, 5) is 15.4. The quantitative estimate of drug-likeness (QED) is 0.633. The van der Waals surface area contributed by atoms with Gasteiger partial charge in [-0.05, 0) is 13.3 Å². The van der Waals surface area contributed by atoms with Crippen LogP contribution in [0, 0.1) is 0 Å². The van der Waals surface area contributed by atoms with E-state index in [0.717, 1.165) is 12.8 Å². The van der Waals surface area contributed by atoms with E-state index >= 15 is 0 Å². The molecule has 0 spiro atoms. The predicted molar refractivity (Wildman–Crippen MR) is 67.9 cm³/mol. The van der Waals surface area contributed by atoms with Gasteiger partial charge in [-0.3, -0.25) is 4.79 Å². The lowest BCUT2D eigenvalue weighted by Gasteiger charge is -2.12. The Kier molecular flexibility index (Phi) is 5.15. The van der Waals surface area contributed by atoms with Gasteiger partial charge in [-0.1, -0.05) is 13.3 Å². The van der Waals surface area contributed by atoms with Gasteiger partial charge in [0.1, 0.15) is 6.04 Å². The molecule has 0 radical (unpaired) electrons. The average molecular weight is 294 g/mol. The molecule has 0 aliphatic carbocycles. The van der Waals surface area contributed by atoms with Gasteiger partial charge < -0.3 is 9.88 Å². The lowest BCUT2D eigenvalue weighted by atomic mass is 10.3. The van der Waals surface area contributed by atoms with E-state index in [2.05, 4.69) is 10.3 Å². The molecule has 0 saturated heterocycles. The van der Waals surface area contributed by atoms with E-state index < -0.39 is 15.1 Å². The molecule has 102 valence electrons. The molecular weight excluding hydrogens is 278 g/mol. The second kappa shape index (κ2) is 6.19. The maximum Gasteiger partial charge on any atom is 0.280 e. The number of amides is 1. The summed E-state index contributed by atoms with van der Waals surface area (Å²) in [5.41, 5.74) is 0. The number of carbonyl (C=O) groups excluding carboxylic acids is 1. The van der Waals surface area contributed by atoms with Gasteiger partial charge in [0.25, 0.3) is 9.05 Å². The molecule has 1 N–H and O–H groups in total. The van der Waals surface area contributed by atoms with Crippen LogP contribution in [0.15, 0.2) is 17.6 Å². The Bertz CT molecular complexity index is 512. The van der Waals surface area contributed by atoms with Crippen molar-refractivity contribution in [1.82, 2.24) is 14.9 Å². The van der Waals surface area contributed by atoms with Crippen LogP contribution in [0.25, 0.3) is 0 Å². The van der Waals surface area contributed by atoms with Gasteiger partial charge in [0.2, 0.25) is 5.91 Å². The van der Waals surface area contributed by atoms with E-state index in [1.807, 2.05) is 6.92 Å². The minimum Gasteiger partial charge on any atom is -0.354 e. The lowest BCUT2D eigenvalue weighted by Crippen LogP contribution is -2.31. The van der Waals surface area contributed by atoms with Crippen LogP contribution in [0.3, 0.4) is 0 Å². The molecular formula is C10H16ClN3O3S. The third-order valence-electron chi connectivity index (χ3n) is 2.48. The number of hydrogen-bond acceptors (Lipinski definition) is 4. The maximum atomic E-state index is 11.7. The third-order valence-corrected chi connectivity index (χ3v) is 3.67. The number of hydrogen-bond donors (Lipinski definition) is 1. The van der Waals surface area contributed by atoms with Crippen LogP contribution in [-0.2, 0) is 13.8 Å². The van der Waals surface area contributed by atoms with Crippen molar-refractivity contribution in [3.05, 3.63) is 12.5 Å². The highest BCUT2D eigenvalue weighted by molar-refractivity contribution is 8.13. The number of halogens is 1. The monoisotopic (exact) mass is 293 g/mol. The maximum absolute atomic E-state index is 11.7. The topological polar surface area (TPSA) is 81.1 Å². The minimum absolute atomic E-state index is 0.181. The fourth-order valence-corrected chi connectivity index (χ4v) is 1.99. The summed E-state index contributed by atoms with van der Waals surface area (Å²) in [7, 11) is 1.30. The first-order valence-electron chi connectivity index (χ1n) is 5.62. The van der Waals surface area contributed by atoms with Gasteiger partial charge in [-0.2, -0.15) is 0 Å². The Morgan fingerprint density at radius 3 is 2.78 bits per heavy atom. The van der Waals surface area contributed by atoms with Gasteiger partial charge in [0, 0.05) is 23.4 Å². The largest absolute Gasteiger partial charge is 0.354 e. The molecule has 0 aliphatic heterocycles. The Balaban J connectivity index is 2.69. The molecule has 0 fully saturated rings. The van der Waals surface area contributed by atoms with Crippen LogP contribution in [0.2, 0.25) is 0 Å². The van der Waals surface area contributed by atoms with E-state index in [0.29, 0.717) is 6.54 Å². The number of aromatic nitrogens is 2. The predicted octanol–water partition coefficient (Wildman–Crippen LogP) is 1.29. The van der Waals surface area contributed by atoms with Gasteiger partial charge in [-0.15, -0.1) is 0 Å². The molecule has 1 atom stereocenters. The van der Waals surface area contributed by atoms with E-state index in [4.69, 9.17) is 10.7 Å². The smallest absolute Gasteiger partial charge is 0.280 e. The highest BCUT2D eigenvalue weighted by Gasteiger charge is 2.19. The van der Waals surface area contributed by atoms with E-state index in [1.165, 1.54) is 17.1 Å². The van der Waals surface area contributed by atoms with Crippen molar-refractivity contribution >= 4 is 25.6 Å². The average Bonchev–Trinajstić information content (AvgIpc) is 2.77. The summed E-state index contributed by atoms with van der Waals surface area (Å²) in [5, 5.41) is 2.51. The lowest BCUT2D eigenvalue weighted by molar-refractivity contribution is -0.123. The molecule has 0 saturated carbocycles. The van der Waals surface area contributed by atoms with Gasteiger partial charge >= 0.3 is 0 Å². The fraction of sp³-hybridized carbons (Fsp3) is 0.600. The Labute approximate surface area is 111 Å². The first kappa shape index (κ1) is 15.0. The highest BCUT2D eigenvalue weighted by Crippen LogP contribution is 2.14. The molecule has 1 rings (SSSR count). The van der Waals surface area contributed by atoms with Crippen LogP contribution < -0.4 is 5.32 Å². The van der Waals surface area contributed by atoms with E-state index in [9.17, 15) is 13.2 Å². The molecule has 1 aromatic heterocycles. The molecule has 6 nitrogen and oxygen atoms in total. The second-order valence-corrected chi connectivity index (χ2v) is 6.43. The van der Waals surface area contributed by atoms with Crippen molar-refractivity contribution in [3.8, 4) is 0 Å². The molecule has 8 heteroatoms. The summed E-state index contributed by atoms with van der Waals surface area (Å²) in [5.74, 6) is -0.181. The SMILES string of the molecule is CCCCNC(=O)C(C)n1cnc(S(=O)(=O)Cl)c1. The molecule has 0 bridgehead atoms. The normalized spacial score (nSPS) is 13.3. The minimum atomic E-state index is -3.85. The molecule has 1 amide bonds. The summed E-state index contributed by atoms with van der Waals surface area (Å²) >= 11 is 0. The van der Waals surface area contributed by atoms with Crippen LogP contribution in [0.4, 0.5) is 0 Å². The number of nitrogens with zero attached hydrogens (tertiary/aromatic N) is 2. The summed E-state index contributed by atoms with van der Waals surface area (Å²) in [6.07, 6.45) is 4.42. The van der Waals surface area contributed by atoms with E-state index in [-0.39, 0.29) is 10.9 Å². The number of imidazole rings is 1. The molecule has 1 aromatic rings. The zero-order valence-electron chi connectivity index (χ0n) is 10.3. The number of nitrogens with one attached hydrogen (secondary N) is 1. The zero-order chi connectivity index (χ0) is 13.8. The van der Waals surface area contributed by atoms with Crippen LogP contribution in [-0.4, -0.2) is 30.4 Å². The van der Waals surface area contributed by atoms with Crippen molar-refractivity contribution < 1.29 is 13.2 Å². The first-order chi connectivity index (χ1) is 8.36. The second-order valence-electron chi connectivity index (χ2n) is 3.92. The van der Waals surface area contributed by atoms with Crippen LogP contribution in [0.1, 0.15) is 32.7 Å². The fourth-order valence-electron chi connectivity index (χ4n) is 1.33. The van der Waals surface area contributed by atoms with Crippen molar-refractivity contribution in [1.29, 1.82) is 0 Å². The van der Waals surface area contributed by atoms with Crippen molar-refractivity contribution in [3.63, 3.8) is 0 Å². The summed E-state index contributed by atoms with van der Waals surface area (Å²) in [6, 6.07) is -0.526. The first-order valence-corrected chi connectivity index (χ1v) is 7.93. The van der Waals surface area contributed by atoms with Crippen molar-refractivity contribution in [2.24, 2.45) is 0 Å². The summed E-state index contributed by atoms with van der Waals surface area (Å²) < 4.78 is 23.5. The van der Waals surface area contributed by atoms with Gasteiger partial charge in [0.05, 0.1) is 6.33 Å². The van der Waals surface area contributed by atoms with Crippen LogP contribution >= 0.6 is 10.7 Å². The van der Waals surface area contributed by atoms with Gasteiger partial charge in [0.15, 0.2) is 5.03 Å². The number of unbranched alkanes of at least 4 members (excludes halogenated alkanes) is 1. The van der Waals surface area contributed by atoms with Crippen molar-refractivity contribution in [2.45, 2.75) is 37.8 Å². The van der Waals surface area contributed by atoms with E-state index in [1.54, 1.807) is 6.92 Å². The highest BCUT2D eigenvalue weighted by atomic mass is 35.7. The van der Waals surface area contributed by atoms with Crippen molar-refractivity contribution in [2.75, 3.05) is 6.54 Å².